The molecule has 5 nitrogen and oxygen atoms in total. The monoisotopic (exact) mass is 425 g/mol. The zero-order chi connectivity index (χ0) is 21.2. The highest BCUT2D eigenvalue weighted by Crippen LogP contribution is 2.40. The molecular weight excluding hydrogens is 406 g/mol. The number of anilines is 2. The van der Waals surface area contributed by atoms with Crippen molar-refractivity contribution >= 4 is 34.0 Å². The van der Waals surface area contributed by atoms with Crippen molar-refractivity contribution in [2.75, 3.05) is 10.6 Å². The van der Waals surface area contributed by atoms with Crippen LogP contribution in [0.15, 0.2) is 84.9 Å². The highest BCUT2D eigenvalue weighted by Gasteiger charge is 2.31. The van der Waals surface area contributed by atoms with Crippen molar-refractivity contribution in [3.8, 4) is 21.7 Å². The van der Waals surface area contributed by atoms with E-state index < -0.39 is 5.92 Å². The molecule has 2 heterocycles. The number of hydrogen-bond acceptors (Lipinski definition) is 4. The summed E-state index contributed by atoms with van der Waals surface area (Å²) in [5.74, 6) is -0.933. The second kappa shape index (κ2) is 8.16. The van der Waals surface area contributed by atoms with E-state index in [9.17, 15) is 9.59 Å². The molecule has 1 aliphatic rings. The average Bonchev–Trinajstić information content (AvgIpc) is 3.23. The molecule has 0 aliphatic carbocycles. The number of carbonyl (C=O) groups excluding carboxylic acids is 2. The number of aromatic nitrogens is 1. The standard InChI is InChI=1S/C25H19N3O2S/c29-21-15-19(18-13-7-8-14-20(18)26-21)24(30)28-25-27-22(16-9-3-1-4-10-16)23(31-25)17-11-5-2-6-12-17/h1-14,19H,15H2,(H,26,29)(H,27,28,30). The van der Waals surface area contributed by atoms with E-state index in [4.69, 9.17) is 4.98 Å². The van der Waals surface area contributed by atoms with Gasteiger partial charge in [-0.1, -0.05) is 90.2 Å². The summed E-state index contributed by atoms with van der Waals surface area (Å²) in [6, 6.07) is 27.4. The Morgan fingerprint density at radius 2 is 1.55 bits per heavy atom. The van der Waals surface area contributed by atoms with Crippen LogP contribution in [-0.2, 0) is 9.59 Å². The van der Waals surface area contributed by atoms with E-state index in [1.165, 1.54) is 11.3 Å². The molecule has 1 atom stereocenters. The Hall–Kier alpha value is -3.77. The third-order valence-electron chi connectivity index (χ3n) is 5.26. The van der Waals surface area contributed by atoms with Gasteiger partial charge in [-0.2, -0.15) is 0 Å². The maximum absolute atomic E-state index is 13.1. The van der Waals surface area contributed by atoms with Crippen molar-refractivity contribution in [1.29, 1.82) is 0 Å². The summed E-state index contributed by atoms with van der Waals surface area (Å²) in [5.41, 5.74) is 4.37. The van der Waals surface area contributed by atoms with E-state index in [0.717, 1.165) is 27.3 Å². The van der Waals surface area contributed by atoms with Gasteiger partial charge in [0.1, 0.15) is 0 Å². The number of nitrogens with one attached hydrogen (secondary N) is 2. The molecule has 3 aromatic carbocycles. The Morgan fingerprint density at radius 1 is 0.903 bits per heavy atom. The molecule has 6 heteroatoms. The molecule has 1 aromatic heterocycles. The van der Waals surface area contributed by atoms with Gasteiger partial charge in [0, 0.05) is 17.7 Å². The first kappa shape index (κ1) is 19.2. The second-order valence-corrected chi connectivity index (χ2v) is 8.31. The van der Waals surface area contributed by atoms with Crippen LogP contribution in [0.2, 0.25) is 0 Å². The number of nitrogens with zero attached hydrogens (tertiary/aromatic N) is 1. The molecular formula is C25H19N3O2S. The molecule has 31 heavy (non-hydrogen) atoms. The van der Waals surface area contributed by atoms with Crippen LogP contribution in [0.25, 0.3) is 21.7 Å². The second-order valence-electron chi connectivity index (χ2n) is 7.31. The van der Waals surface area contributed by atoms with Gasteiger partial charge in [-0.25, -0.2) is 4.98 Å². The van der Waals surface area contributed by atoms with E-state index in [-0.39, 0.29) is 18.2 Å². The highest BCUT2D eigenvalue weighted by molar-refractivity contribution is 7.19. The zero-order valence-electron chi connectivity index (χ0n) is 16.5. The molecule has 152 valence electrons. The number of fused-ring (bicyclic) bond motifs is 1. The summed E-state index contributed by atoms with van der Waals surface area (Å²) in [5, 5.41) is 6.31. The maximum atomic E-state index is 13.1. The number of benzene rings is 3. The topological polar surface area (TPSA) is 71.1 Å². The lowest BCUT2D eigenvalue weighted by Gasteiger charge is -2.24. The van der Waals surface area contributed by atoms with Gasteiger partial charge in [0.25, 0.3) is 0 Å². The van der Waals surface area contributed by atoms with E-state index in [2.05, 4.69) is 10.6 Å². The third-order valence-corrected chi connectivity index (χ3v) is 6.28. The Bertz CT molecular complexity index is 1200. The van der Waals surface area contributed by atoms with Gasteiger partial charge in [0.15, 0.2) is 5.13 Å². The normalized spacial score (nSPS) is 15.1. The predicted molar refractivity (Wildman–Crippen MR) is 124 cm³/mol. The van der Waals surface area contributed by atoms with Crippen molar-refractivity contribution in [2.45, 2.75) is 12.3 Å². The summed E-state index contributed by atoms with van der Waals surface area (Å²) in [4.78, 5) is 31.0. The van der Waals surface area contributed by atoms with E-state index >= 15 is 0 Å². The van der Waals surface area contributed by atoms with Crippen LogP contribution < -0.4 is 10.6 Å². The molecule has 0 radical (unpaired) electrons. The molecule has 1 aliphatic heterocycles. The fraction of sp³-hybridized carbons (Fsp3) is 0.0800. The minimum Gasteiger partial charge on any atom is -0.326 e. The predicted octanol–water partition coefficient (Wildman–Crippen LogP) is 5.54. The van der Waals surface area contributed by atoms with Crippen LogP contribution in [0.4, 0.5) is 10.8 Å². The molecule has 5 rings (SSSR count). The number of carbonyl (C=O) groups is 2. The zero-order valence-corrected chi connectivity index (χ0v) is 17.4. The van der Waals surface area contributed by atoms with Crippen LogP contribution in [0.1, 0.15) is 17.9 Å². The Morgan fingerprint density at radius 3 is 2.29 bits per heavy atom. The van der Waals surface area contributed by atoms with Gasteiger partial charge in [0.05, 0.1) is 16.5 Å². The molecule has 0 bridgehead atoms. The van der Waals surface area contributed by atoms with Crippen LogP contribution in [0.3, 0.4) is 0 Å². The van der Waals surface area contributed by atoms with Crippen molar-refractivity contribution in [3.05, 3.63) is 90.5 Å². The van der Waals surface area contributed by atoms with Gasteiger partial charge >= 0.3 is 0 Å². The molecule has 2 N–H and O–H groups in total. The number of rotatable bonds is 4. The fourth-order valence-corrected chi connectivity index (χ4v) is 4.78. The smallest absolute Gasteiger partial charge is 0.234 e. The lowest BCUT2D eigenvalue weighted by atomic mass is 9.90. The number of thiazole rings is 1. The van der Waals surface area contributed by atoms with Gasteiger partial charge < -0.3 is 10.6 Å². The van der Waals surface area contributed by atoms with Gasteiger partial charge in [-0.15, -0.1) is 0 Å². The average molecular weight is 426 g/mol. The van der Waals surface area contributed by atoms with Crippen LogP contribution in [-0.4, -0.2) is 16.8 Å². The van der Waals surface area contributed by atoms with Crippen molar-refractivity contribution in [1.82, 2.24) is 4.98 Å². The van der Waals surface area contributed by atoms with Crippen LogP contribution in [0.5, 0.6) is 0 Å². The molecule has 0 saturated carbocycles. The first-order valence-electron chi connectivity index (χ1n) is 10.0. The SMILES string of the molecule is O=C1CC(C(=O)Nc2nc(-c3ccccc3)c(-c3ccccc3)s2)c2ccccc2N1. The minimum atomic E-state index is -0.547. The highest BCUT2D eigenvalue weighted by atomic mass is 32.1. The van der Waals surface area contributed by atoms with Crippen LogP contribution >= 0.6 is 11.3 Å². The summed E-state index contributed by atoms with van der Waals surface area (Å²) in [6.45, 7) is 0. The van der Waals surface area contributed by atoms with Crippen molar-refractivity contribution in [2.24, 2.45) is 0 Å². The molecule has 0 saturated heterocycles. The van der Waals surface area contributed by atoms with Gasteiger partial charge in [-0.3, -0.25) is 9.59 Å². The number of hydrogen-bond donors (Lipinski definition) is 2. The molecule has 0 spiro atoms. The van der Waals surface area contributed by atoms with E-state index in [0.29, 0.717) is 10.8 Å². The summed E-state index contributed by atoms with van der Waals surface area (Å²) >= 11 is 1.44. The lowest BCUT2D eigenvalue weighted by molar-refractivity contribution is -0.123. The Balaban J connectivity index is 1.50. The summed E-state index contributed by atoms with van der Waals surface area (Å²) in [7, 11) is 0. The quantitative estimate of drug-likeness (QED) is 0.451. The minimum absolute atomic E-state index is 0.116. The summed E-state index contributed by atoms with van der Waals surface area (Å²) < 4.78 is 0. The van der Waals surface area contributed by atoms with Crippen molar-refractivity contribution < 1.29 is 9.59 Å². The largest absolute Gasteiger partial charge is 0.326 e. The third kappa shape index (κ3) is 3.85. The Kier molecular flexibility index (Phi) is 5.06. The van der Waals surface area contributed by atoms with Crippen molar-refractivity contribution in [3.63, 3.8) is 0 Å². The fourth-order valence-electron chi connectivity index (χ4n) is 3.79. The molecule has 2 amide bonds. The first-order valence-corrected chi connectivity index (χ1v) is 10.8. The maximum Gasteiger partial charge on any atom is 0.234 e. The van der Waals surface area contributed by atoms with E-state index in [1.807, 2.05) is 84.9 Å². The first-order chi connectivity index (χ1) is 15.2. The Labute approximate surface area is 183 Å². The van der Waals surface area contributed by atoms with Gasteiger partial charge in [-0.05, 0) is 17.2 Å². The molecule has 0 fully saturated rings. The molecule has 1 unspecified atom stereocenters. The van der Waals surface area contributed by atoms with Crippen LogP contribution in [0, 0.1) is 0 Å². The van der Waals surface area contributed by atoms with Gasteiger partial charge in [0.2, 0.25) is 11.8 Å². The number of para-hydroxylation sites is 1. The molecule has 4 aromatic rings. The summed E-state index contributed by atoms with van der Waals surface area (Å²) in [6.07, 6.45) is 0.116. The lowest BCUT2D eigenvalue weighted by Crippen LogP contribution is -2.30. The number of amides is 2. The van der Waals surface area contributed by atoms with E-state index in [1.54, 1.807) is 0 Å².